The highest BCUT2D eigenvalue weighted by molar-refractivity contribution is 4.10. The van der Waals surface area contributed by atoms with Gasteiger partial charge >= 0.3 is 0 Å². The van der Waals surface area contributed by atoms with Crippen molar-refractivity contribution in [3.05, 3.63) is 0 Å². The molecular weight excluding hydrogens is 147 g/mol. The highest BCUT2D eigenvalue weighted by atomic mass is 19.0. The van der Waals surface area contributed by atoms with Crippen LogP contribution in [0.4, 0.5) is 23.5 Å². The smallest absolute Gasteiger partial charge is 0.0428 e. The van der Waals surface area contributed by atoms with Crippen LogP contribution in [0.1, 0.15) is 13.3 Å². The van der Waals surface area contributed by atoms with Crippen molar-refractivity contribution in [2.75, 3.05) is 6.61 Å². The molecule has 66 valence electrons. The van der Waals surface area contributed by atoms with Gasteiger partial charge in [-0.05, 0) is 6.42 Å². The summed E-state index contributed by atoms with van der Waals surface area (Å²) in [5.41, 5.74) is 0. The molecule has 0 aliphatic carbocycles. The summed E-state index contributed by atoms with van der Waals surface area (Å²) in [6.07, 6.45) is 0.875. The highest BCUT2D eigenvalue weighted by Gasteiger charge is 1.57. The van der Waals surface area contributed by atoms with E-state index in [2.05, 4.69) is 0 Å². The van der Waals surface area contributed by atoms with E-state index in [0.29, 0.717) is 6.61 Å². The molecule has 0 aromatic carbocycles. The van der Waals surface area contributed by atoms with Gasteiger partial charge in [0.1, 0.15) is 0 Å². The normalized spacial score (nSPS) is 3.33. The maximum Gasteiger partial charge on any atom is 0.0428 e. The third-order valence-corrected chi connectivity index (χ3v) is 0.224. The van der Waals surface area contributed by atoms with E-state index in [4.69, 9.17) is 5.11 Å². The van der Waals surface area contributed by atoms with Crippen LogP contribution in [-0.4, -0.2) is 11.7 Å². The van der Waals surface area contributed by atoms with Crippen LogP contribution in [0.2, 0.25) is 0 Å². The first-order valence-electron chi connectivity index (χ1n) is 1.52. The van der Waals surface area contributed by atoms with Crippen molar-refractivity contribution >= 4 is 0 Å². The van der Waals surface area contributed by atoms with Crippen LogP contribution in [0, 0.1) is 0 Å². The number of aliphatic hydroxyl groups is 1. The van der Waals surface area contributed by atoms with Crippen LogP contribution in [0.15, 0.2) is 0 Å². The van der Waals surface area contributed by atoms with E-state index in [9.17, 15) is 0 Å². The summed E-state index contributed by atoms with van der Waals surface area (Å²) in [5.74, 6) is 0. The Morgan fingerprint density at radius 3 is 1.00 bits per heavy atom. The molecule has 0 aliphatic heterocycles. The molecule has 0 rings (SSSR count). The van der Waals surface area contributed by atoms with Gasteiger partial charge in [-0.1, -0.05) is 6.92 Å². The summed E-state index contributed by atoms with van der Waals surface area (Å²) in [4.78, 5) is 0. The van der Waals surface area contributed by atoms with Gasteiger partial charge in [-0.3, -0.25) is 23.5 Å². The standard InChI is InChI=1S/C3H8O.5FH/c1-2-3-4;;;;;/h4H,2-3H2,1H3;5*1H. The molecule has 0 aromatic heterocycles. The summed E-state index contributed by atoms with van der Waals surface area (Å²) in [6, 6.07) is 0. The molecule has 0 spiro atoms. The van der Waals surface area contributed by atoms with E-state index in [1.54, 1.807) is 0 Å². The molecule has 0 atom stereocenters. The average molecular weight is 160 g/mol. The Kier molecular flexibility index (Phi) is 1040. The first-order chi connectivity index (χ1) is 1.91. The maximum atomic E-state index is 7.88. The third-order valence-electron chi connectivity index (χ3n) is 0.224. The first kappa shape index (κ1) is 73.2. The van der Waals surface area contributed by atoms with E-state index in [0.717, 1.165) is 6.42 Å². The van der Waals surface area contributed by atoms with Gasteiger partial charge in [0, 0.05) is 6.61 Å². The van der Waals surface area contributed by atoms with Crippen LogP contribution < -0.4 is 0 Å². The predicted octanol–water partition coefficient (Wildman–Crippen LogP) is 1.15. The van der Waals surface area contributed by atoms with Crippen molar-refractivity contribution in [2.45, 2.75) is 13.3 Å². The maximum absolute atomic E-state index is 7.88. The second-order valence-electron chi connectivity index (χ2n) is 0.724. The van der Waals surface area contributed by atoms with Gasteiger partial charge in [0.15, 0.2) is 0 Å². The molecule has 0 aliphatic rings. The van der Waals surface area contributed by atoms with Crippen molar-refractivity contribution in [1.29, 1.82) is 0 Å². The Hall–Kier alpha value is -0.390. The fourth-order valence-corrected chi connectivity index (χ4v) is 0. The Balaban J connectivity index is -0.00000000450. The van der Waals surface area contributed by atoms with Crippen molar-refractivity contribution in [1.82, 2.24) is 0 Å². The fourth-order valence-electron chi connectivity index (χ4n) is 0. The average Bonchev–Trinajstić information content (AvgIpc) is 1.37. The van der Waals surface area contributed by atoms with E-state index >= 15 is 0 Å². The van der Waals surface area contributed by atoms with Crippen LogP contribution in [0.3, 0.4) is 0 Å². The molecule has 0 bridgehead atoms. The van der Waals surface area contributed by atoms with Crippen molar-refractivity contribution in [3.63, 3.8) is 0 Å². The SMILES string of the molecule is CCCO.F.F.F.F.F. The lowest BCUT2D eigenvalue weighted by molar-refractivity contribution is 0.295. The van der Waals surface area contributed by atoms with E-state index < -0.39 is 0 Å². The molecular formula is C3H13F5O. The zero-order valence-electron chi connectivity index (χ0n) is 4.90. The Labute approximate surface area is 49.9 Å². The van der Waals surface area contributed by atoms with Crippen LogP contribution in [0.5, 0.6) is 0 Å². The lowest BCUT2D eigenvalue weighted by Crippen LogP contribution is -1.69. The van der Waals surface area contributed by atoms with Crippen LogP contribution in [0.25, 0.3) is 0 Å². The summed E-state index contributed by atoms with van der Waals surface area (Å²) in [7, 11) is 0. The molecule has 0 radical (unpaired) electrons. The Morgan fingerprint density at radius 2 is 1.00 bits per heavy atom. The zero-order valence-corrected chi connectivity index (χ0v) is 4.90. The third kappa shape index (κ3) is 644. The first-order valence-corrected chi connectivity index (χ1v) is 1.52. The lowest BCUT2D eigenvalue weighted by atomic mass is 10.5. The van der Waals surface area contributed by atoms with E-state index in [1.807, 2.05) is 6.92 Å². The van der Waals surface area contributed by atoms with Gasteiger partial charge in [0.05, 0.1) is 0 Å². The number of rotatable bonds is 1. The molecule has 0 fully saturated rings. The molecule has 1 nitrogen and oxygen atoms in total. The molecule has 0 unspecified atom stereocenters. The Morgan fingerprint density at radius 1 is 0.889 bits per heavy atom. The molecule has 1 N–H and O–H groups in total. The lowest BCUT2D eigenvalue weighted by Gasteiger charge is -1.69. The molecule has 0 amide bonds. The Bertz CT molecular complexity index is 14.2. The summed E-state index contributed by atoms with van der Waals surface area (Å²) in [6.45, 7) is 2.25. The molecule has 0 heterocycles. The van der Waals surface area contributed by atoms with Crippen molar-refractivity contribution < 1.29 is 28.6 Å². The van der Waals surface area contributed by atoms with Gasteiger partial charge < -0.3 is 5.11 Å². The molecule has 9 heavy (non-hydrogen) atoms. The topological polar surface area (TPSA) is 20.2 Å². The summed E-state index contributed by atoms with van der Waals surface area (Å²) < 4.78 is 0. The molecule has 0 saturated heterocycles. The van der Waals surface area contributed by atoms with Gasteiger partial charge in [-0.2, -0.15) is 0 Å². The van der Waals surface area contributed by atoms with Crippen LogP contribution in [-0.2, 0) is 0 Å². The second kappa shape index (κ2) is 128. The minimum absolute atomic E-state index is 0. The molecule has 0 aromatic rings. The number of aliphatic hydroxyl groups excluding tert-OH is 1. The van der Waals surface area contributed by atoms with Gasteiger partial charge in [-0.15, -0.1) is 0 Å². The van der Waals surface area contributed by atoms with Gasteiger partial charge in [0.25, 0.3) is 0 Å². The van der Waals surface area contributed by atoms with E-state index in [1.165, 1.54) is 0 Å². The quantitative estimate of drug-likeness (QED) is 0.570. The fraction of sp³-hybridized carbons (Fsp3) is 1.00. The second-order valence-corrected chi connectivity index (χ2v) is 0.724. The molecule has 0 saturated carbocycles. The summed E-state index contributed by atoms with van der Waals surface area (Å²) >= 11 is 0. The van der Waals surface area contributed by atoms with Crippen molar-refractivity contribution in [3.8, 4) is 0 Å². The predicted molar refractivity (Wildman–Crippen MR) is 29.9 cm³/mol. The van der Waals surface area contributed by atoms with E-state index in [-0.39, 0.29) is 23.5 Å². The van der Waals surface area contributed by atoms with Gasteiger partial charge in [0.2, 0.25) is 0 Å². The number of hydrogen-bond acceptors (Lipinski definition) is 1. The largest absolute Gasteiger partial charge is 0.396 e. The monoisotopic (exact) mass is 160 g/mol. The summed E-state index contributed by atoms with van der Waals surface area (Å²) in [5, 5.41) is 7.88. The minimum Gasteiger partial charge on any atom is -0.396 e. The highest BCUT2D eigenvalue weighted by Crippen LogP contribution is 1.61. The van der Waals surface area contributed by atoms with Crippen LogP contribution >= 0.6 is 0 Å². The molecule has 6 heteroatoms. The number of halogens is 5. The number of hydrogen-bond donors (Lipinski definition) is 1. The van der Waals surface area contributed by atoms with Crippen molar-refractivity contribution in [2.24, 2.45) is 0 Å². The zero-order chi connectivity index (χ0) is 3.41. The minimum atomic E-state index is 0. The van der Waals surface area contributed by atoms with Gasteiger partial charge in [-0.25, -0.2) is 0 Å².